The summed E-state index contributed by atoms with van der Waals surface area (Å²) in [5, 5.41) is 0. The molecule has 0 amide bonds. The molecule has 3 nitrogen and oxygen atoms in total. The summed E-state index contributed by atoms with van der Waals surface area (Å²) >= 11 is 7.55. The minimum absolute atomic E-state index is 0.131. The van der Waals surface area contributed by atoms with Gasteiger partial charge in [-0.2, -0.15) is 0 Å². The second-order valence-electron chi connectivity index (χ2n) is 4.99. The van der Waals surface area contributed by atoms with E-state index in [4.69, 9.17) is 22.1 Å². The van der Waals surface area contributed by atoms with Crippen molar-refractivity contribution in [3.8, 4) is 5.75 Å². The third kappa shape index (κ3) is 4.05. The molecule has 0 aliphatic rings. The highest BCUT2D eigenvalue weighted by Gasteiger charge is 2.08. The number of benzene rings is 1. The average Bonchev–Trinajstić information content (AvgIpc) is 2.73. The van der Waals surface area contributed by atoms with Gasteiger partial charge in [0.05, 0.1) is 17.0 Å². The molecule has 2 rings (SSSR count). The van der Waals surface area contributed by atoms with Crippen LogP contribution in [0.3, 0.4) is 0 Å². The van der Waals surface area contributed by atoms with Gasteiger partial charge >= 0.3 is 0 Å². The van der Waals surface area contributed by atoms with Crippen molar-refractivity contribution in [1.82, 2.24) is 0 Å². The number of nitrogen functional groups attached to an aromatic ring is 1. The molecule has 20 heavy (non-hydrogen) atoms. The van der Waals surface area contributed by atoms with Gasteiger partial charge in [0.15, 0.2) is 0 Å². The van der Waals surface area contributed by atoms with E-state index in [1.165, 1.54) is 4.88 Å². The smallest absolute Gasteiger partial charge is 0.123 e. The van der Waals surface area contributed by atoms with Gasteiger partial charge in [-0.25, -0.2) is 0 Å². The first-order chi connectivity index (χ1) is 9.44. The monoisotopic (exact) mass is 310 g/mol. The van der Waals surface area contributed by atoms with Crippen molar-refractivity contribution in [2.45, 2.75) is 26.5 Å². The van der Waals surface area contributed by atoms with E-state index in [2.05, 4.69) is 4.90 Å². The van der Waals surface area contributed by atoms with Crippen LogP contribution in [0.2, 0.25) is 4.34 Å². The highest BCUT2D eigenvalue weighted by Crippen LogP contribution is 2.28. The summed E-state index contributed by atoms with van der Waals surface area (Å²) in [5.41, 5.74) is 7.68. The Hall–Kier alpha value is -1.39. The van der Waals surface area contributed by atoms with Gasteiger partial charge in [-0.3, -0.25) is 0 Å². The molecule has 0 aliphatic carbocycles. The molecule has 2 aromatic rings. The van der Waals surface area contributed by atoms with E-state index in [-0.39, 0.29) is 6.10 Å². The van der Waals surface area contributed by atoms with Crippen molar-refractivity contribution in [3.63, 3.8) is 0 Å². The van der Waals surface area contributed by atoms with Crippen molar-refractivity contribution >= 4 is 34.3 Å². The minimum Gasteiger partial charge on any atom is -0.491 e. The number of hydrogen-bond acceptors (Lipinski definition) is 4. The fourth-order valence-electron chi connectivity index (χ4n) is 1.93. The summed E-state index contributed by atoms with van der Waals surface area (Å²) in [6, 6.07) is 9.76. The number of hydrogen-bond donors (Lipinski definition) is 1. The largest absolute Gasteiger partial charge is 0.491 e. The Kier molecular flexibility index (Phi) is 4.78. The van der Waals surface area contributed by atoms with E-state index in [1.54, 1.807) is 11.3 Å². The van der Waals surface area contributed by atoms with E-state index >= 15 is 0 Å². The summed E-state index contributed by atoms with van der Waals surface area (Å²) in [4.78, 5) is 3.34. The molecule has 0 aliphatic heterocycles. The molecule has 2 N–H and O–H groups in total. The van der Waals surface area contributed by atoms with Crippen molar-refractivity contribution in [1.29, 1.82) is 0 Å². The second-order valence-corrected chi connectivity index (χ2v) is 6.79. The molecular weight excluding hydrogens is 292 g/mol. The first-order valence-electron chi connectivity index (χ1n) is 6.46. The van der Waals surface area contributed by atoms with Gasteiger partial charge in [-0.1, -0.05) is 11.6 Å². The molecule has 1 heterocycles. The van der Waals surface area contributed by atoms with Crippen LogP contribution in [0.4, 0.5) is 11.4 Å². The topological polar surface area (TPSA) is 38.5 Å². The lowest BCUT2D eigenvalue weighted by Crippen LogP contribution is -2.16. The maximum absolute atomic E-state index is 5.96. The Bertz CT molecular complexity index is 583. The van der Waals surface area contributed by atoms with Crippen LogP contribution in [-0.2, 0) is 6.54 Å². The van der Waals surface area contributed by atoms with Crippen LogP contribution < -0.4 is 15.4 Å². The summed E-state index contributed by atoms with van der Waals surface area (Å²) in [5.74, 6) is 0.797. The van der Waals surface area contributed by atoms with Gasteiger partial charge in [0.25, 0.3) is 0 Å². The normalized spacial score (nSPS) is 10.8. The maximum Gasteiger partial charge on any atom is 0.123 e. The molecule has 1 aromatic heterocycles. The first-order valence-corrected chi connectivity index (χ1v) is 7.66. The zero-order chi connectivity index (χ0) is 14.7. The summed E-state index contributed by atoms with van der Waals surface area (Å²) in [6.45, 7) is 4.79. The molecule has 0 saturated heterocycles. The third-order valence-corrected chi connectivity index (χ3v) is 3.96. The van der Waals surface area contributed by atoms with Crippen LogP contribution in [0, 0.1) is 0 Å². The maximum atomic E-state index is 5.96. The Morgan fingerprint density at radius 1 is 1.30 bits per heavy atom. The van der Waals surface area contributed by atoms with Gasteiger partial charge in [-0.05, 0) is 32.0 Å². The third-order valence-electron chi connectivity index (χ3n) is 2.75. The SMILES string of the molecule is CC(C)Oc1cc(N)cc(N(C)Cc2ccc(Cl)s2)c1. The fourth-order valence-corrected chi connectivity index (χ4v) is 3.07. The molecule has 0 unspecified atom stereocenters. The van der Waals surface area contributed by atoms with Gasteiger partial charge in [0.2, 0.25) is 0 Å². The number of thiophene rings is 1. The van der Waals surface area contributed by atoms with E-state index in [1.807, 2.05) is 51.2 Å². The lowest BCUT2D eigenvalue weighted by molar-refractivity contribution is 0.242. The Balaban J connectivity index is 2.16. The van der Waals surface area contributed by atoms with E-state index < -0.39 is 0 Å². The lowest BCUT2D eigenvalue weighted by Gasteiger charge is -2.20. The fraction of sp³-hybridized carbons (Fsp3) is 0.333. The number of nitrogens with zero attached hydrogens (tertiary/aromatic N) is 1. The molecule has 0 radical (unpaired) electrons. The van der Waals surface area contributed by atoms with Crippen molar-refractivity contribution in [2.24, 2.45) is 0 Å². The molecule has 5 heteroatoms. The van der Waals surface area contributed by atoms with Crippen molar-refractivity contribution in [2.75, 3.05) is 17.7 Å². The Morgan fingerprint density at radius 2 is 2.05 bits per heavy atom. The van der Waals surface area contributed by atoms with Crippen LogP contribution in [0.15, 0.2) is 30.3 Å². The molecular formula is C15H19ClN2OS. The lowest BCUT2D eigenvalue weighted by atomic mass is 10.2. The zero-order valence-electron chi connectivity index (χ0n) is 11.9. The van der Waals surface area contributed by atoms with Gasteiger partial charge in [0, 0.05) is 35.4 Å². The number of halogens is 1. The van der Waals surface area contributed by atoms with Gasteiger partial charge in [0.1, 0.15) is 5.75 Å². The molecule has 0 saturated carbocycles. The Labute approximate surface area is 128 Å². The van der Waals surface area contributed by atoms with Crippen molar-refractivity contribution < 1.29 is 4.74 Å². The molecule has 0 bridgehead atoms. The van der Waals surface area contributed by atoms with Gasteiger partial charge in [-0.15, -0.1) is 11.3 Å². The summed E-state index contributed by atoms with van der Waals surface area (Å²) in [7, 11) is 2.03. The predicted molar refractivity (Wildman–Crippen MR) is 88.1 cm³/mol. The molecule has 0 spiro atoms. The quantitative estimate of drug-likeness (QED) is 0.831. The standard InChI is InChI=1S/C15H19ClN2OS/c1-10(2)19-13-7-11(17)6-12(8-13)18(3)9-14-4-5-15(16)20-14/h4-8,10H,9,17H2,1-3H3. The number of rotatable bonds is 5. The molecule has 0 atom stereocenters. The van der Waals surface area contributed by atoms with Crippen LogP contribution in [0.5, 0.6) is 5.75 Å². The number of nitrogens with two attached hydrogens (primary N) is 1. The number of anilines is 2. The highest BCUT2D eigenvalue weighted by molar-refractivity contribution is 7.16. The van der Waals surface area contributed by atoms with E-state index in [9.17, 15) is 0 Å². The van der Waals surface area contributed by atoms with Crippen LogP contribution in [-0.4, -0.2) is 13.2 Å². The van der Waals surface area contributed by atoms with Crippen molar-refractivity contribution in [3.05, 3.63) is 39.5 Å². The van der Waals surface area contributed by atoms with E-state index in [0.717, 1.165) is 22.3 Å². The predicted octanol–water partition coefficient (Wildman–Crippen LogP) is 4.41. The highest BCUT2D eigenvalue weighted by atomic mass is 35.5. The average molecular weight is 311 g/mol. The van der Waals surface area contributed by atoms with E-state index in [0.29, 0.717) is 5.69 Å². The second kappa shape index (κ2) is 6.37. The summed E-state index contributed by atoms with van der Waals surface area (Å²) in [6.07, 6.45) is 0.131. The van der Waals surface area contributed by atoms with Crippen LogP contribution in [0.1, 0.15) is 18.7 Å². The molecule has 108 valence electrons. The van der Waals surface area contributed by atoms with Gasteiger partial charge < -0.3 is 15.4 Å². The molecule has 0 fully saturated rings. The zero-order valence-corrected chi connectivity index (χ0v) is 13.5. The molecule has 1 aromatic carbocycles. The first kappa shape index (κ1) is 15.0. The number of ether oxygens (including phenoxy) is 1. The van der Waals surface area contributed by atoms with Crippen LogP contribution in [0.25, 0.3) is 0 Å². The Morgan fingerprint density at radius 3 is 2.65 bits per heavy atom. The minimum atomic E-state index is 0.131. The van der Waals surface area contributed by atoms with Crippen LogP contribution >= 0.6 is 22.9 Å². The summed E-state index contributed by atoms with van der Waals surface area (Å²) < 4.78 is 6.52.